The predicted molar refractivity (Wildman–Crippen MR) is 119 cm³/mol. The molecule has 4 aliphatic rings. The molecule has 1 aliphatic carbocycles. The quantitative estimate of drug-likeness (QED) is 0.683. The van der Waals surface area contributed by atoms with Crippen molar-refractivity contribution in [1.82, 2.24) is 9.62 Å². The van der Waals surface area contributed by atoms with Gasteiger partial charge in [0.2, 0.25) is 10.0 Å². The molecule has 1 aromatic carbocycles. The largest absolute Gasteiger partial charge is 0.483 e. The highest BCUT2D eigenvalue weighted by atomic mass is 32.2. The number of amides is 1. The lowest BCUT2D eigenvalue weighted by molar-refractivity contribution is -0.140. The van der Waals surface area contributed by atoms with Gasteiger partial charge in [-0.2, -0.15) is 13.2 Å². The second-order valence-electron chi connectivity index (χ2n) is 9.38. The number of halogens is 3. The van der Waals surface area contributed by atoms with Crippen LogP contribution < -0.4 is 9.46 Å². The number of rotatable bonds is 3. The number of nitrogens with zero attached hydrogens (tertiary/aromatic N) is 1. The van der Waals surface area contributed by atoms with Crippen molar-refractivity contribution in [1.29, 1.82) is 0 Å². The van der Waals surface area contributed by atoms with Crippen LogP contribution in [0.1, 0.15) is 56.9 Å². The fourth-order valence-corrected chi connectivity index (χ4v) is 6.40. The first-order chi connectivity index (χ1) is 16.1. The number of ether oxygens (including phenoxy) is 2. The smallest absolute Gasteiger partial charge is 0.406 e. The molecule has 3 aliphatic heterocycles. The van der Waals surface area contributed by atoms with E-state index in [2.05, 4.69) is 4.72 Å². The average Bonchev–Trinajstić information content (AvgIpc) is 2.82. The van der Waals surface area contributed by atoms with E-state index in [0.29, 0.717) is 38.0 Å². The number of carbonyl (C=O) groups excluding carboxylic acids is 1. The van der Waals surface area contributed by atoms with Crippen LogP contribution in [0, 0.1) is 0 Å². The summed E-state index contributed by atoms with van der Waals surface area (Å²) in [6, 6.07) is 6.07. The molecule has 7 nitrogen and oxygen atoms in total. The number of sulfonamides is 1. The number of benzene rings is 1. The third kappa shape index (κ3) is 5.52. The van der Waals surface area contributed by atoms with Crippen LogP contribution in [0.5, 0.6) is 5.75 Å². The van der Waals surface area contributed by atoms with Crippen LogP contribution in [0.2, 0.25) is 0 Å². The first kappa shape index (κ1) is 25.2. The molecule has 190 valence electrons. The van der Waals surface area contributed by atoms with Crippen molar-refractivity contribution >= 4 is 15.9 Å². The Kier molecular flexibility index (Phi) is 7.44. The van der Waals surface area contributed by atoms with Crippen LogP contribution in [0.25, 0.3) is 0 Å². The molecular formula is C23H31F3N2O5S. The minimum absolute atomic E-state index is 0.0460. The van der Waals surface area contributed by atoms with Crippen molar-refractivity contribution in [3.63, 3.8) is 0 Å². The van der Waals surface area contributed by atoms with E-state index >= 15 is 0 Å². The summed E-state index contributed by atoms with van der Waals surface area (Å²) in [5.74, 6) is 0.616. The third-order valence-electron chi connectivity index (χ3n) is 7.23. The number of fused-ring (bicyclic) bond motifs is 5. The highest BCUT2D eigenvalue weighted by molar-refractivity contribution is 7.90. The normalized spacial score (nSPS) is 29.6. The number of hydrogen-bond acceptors (Lipinski definition) is 5. The van der Waals surface area contributed by atoms with Crippen molar-refractivity contribution in [3.05, 3.63) is 29.8 Å². The Morgan fingerprint density at radius 3 is 2.53 bits per heavy atom. The molecule has 1 saturated carbocycles. The van der Waals surface area contributed by atoms with Gasteiger partial charge in [-0.3, -0.25) is 4.79 Å². The summed E-state index contributed by atoms with van der Waals surface area (Å²) >= 11 is 0. The molecular weight excluding hydrogens is 473 g/mol. The van der Waals surface area contributed by atoms with Gasteiger partial charge < -0.3 is 14.4 Å². The van der Waals surface area contributed by atoms with Crippen molar-refractivity contribution in [2.75, 3.05) is 19.8 Å². The van der Waals surface area contributed by atoms with E-state index in [4.69, 9.17) is 9.47 Å². The number of alkyl halides is 3. The molecule has 1 saturated heterocycles. The Hall–Kier alpha value is -1.85. The second kappa shape index (κ2) is 10.0. The van der Waals surface area contributed by atoms with E-state index in [1.54, 1.807) is 0 Å². The molecule has 5 rings (SSSR count). The molecule has 11 heteroatoms. The van der Waals surface area contributed by atoms with Crippen LogP contribution in [0.3, 0.4) is 0 Å². The number of piperidine rings is 1. The maximum Gasteiger partial charge on any atom is 0.406 e. The van der Waals surface area contributed by atoms with E-state index in [-0.39, 0.29) is 25.2 Å². The molecule has 3 atom stereocenters. The Balaban J connectivity index is 1.59. The minimum Gasteiger partial charge on any atom is -0.483 e. The van der Waals surface area contributed by atoms with Gasteiger partial charge in [0, 0.05) is 12.6 Å². The summed E-state index contributed by atoms with van der Waals surface area (Å²) in [7, 11) is -4.69. The van der Waals surface area contributed by atoms with Crippen LogP contribution in [0.15, 0.2) is 24.3 Å². The highest BCUT2D eigenvalue weighted by Crippen LogP contribution is 2.39. The summed E-state index contributed by atoms with van der Waals surface area (Å²) in [4.78, 5) is 14.6. The monoisotopic (exact) mass is 504 g/mol. The van der Waals surface area contributed by atoms with E-state index < -0.39 is 33.5 Å². The Bertz CT molecular complexity index is 979. The summed E-state index contributed by atoms with van der Waals surface area (Å²) in [5, 5.41) is -2.56. The summed E-state index contributed by atoms with van der Waals surface area (Å²) in [6.45, 7) is 0.806. The first-order valence-corrected chi connectivity index (χ1v) is 13.3. The zero-order chi connectivity index (χ0) is 24.5. The van der Waals surface area contributed by atoms with Gasteiger partial charge >= 0.3 is 6.18 Å². The van der Waals surface area contributed by atoms with Gasteiger partial charge in [0.25, 0.3) is 5.91 Å². The van der Waals surface area contributed by atoms with E-state index in [1.807, 2.05) is 24.3 Å². The maximum atomic E-state index is 13.1. The van der Waals surface area contributed by atoms with E-state index in [0.717, 1.165) is 31.2 Å². The molecule has 34 heavy (non-hydrogen) atoms. The summed E-state index contributed by atoms with van der Waals surface area (Å²) < 4.78 is 78.7. The summed E-state index contributed by atoms with van der Waals surface area (Å²) in [5.41, 5.74) is 1.06. The first-order valence-electron chi connectivity index (χ1n) is 11.8. The average molecular weight is 505 g/mol. The molecule has 1 N–H and O–H groups in total. The molecule has 0 spiro atoms. The minimum atomic E-state index is -4.89. The maximum absolute atomic E-state index is 13.1. The number of hydrogen-bond donors (Lipinski definition) is 1. The number of nitrogens with one attached hydrogen (secondary N) is 1. The Labute approximate surface area is 198 Å². The van der Waals surface area contributed by atoms with Gasteiger partial charge in [0.1, 0.15) is 5.75 Å². The van der Waals surface area contributed by atoms with Crippen LogP contribution in [-0.4, -0.2) is 68.6 Å². The SMILES string of the molecule is C[C@H](C(F)(F)F)S(=O)(=O)NC1CCCN2C(=O)COc3ccccc3C3CCC(CC3)OC[C@@H]12. The molecule has 1 amide bonds. The van der Waals surface area contributed by atoms with Crippen molar-refractivity contribution in [2.45, 2.75) is 81.0 Å². The molecule has 0 aromatic heterocycles. The lowest BCUT2D eigenvalue weighted by atomic mass is 9.82. The Morgan fingerprint density at radius 2 is 1.82 bits per heavy atom. The van der Waals surface area contributed by atoms with Crippen molar-refractivity contribution in [3.8, 4) is 5.75 Å². The van der Waals surface area contributed by atoms with Gasteiger partial charge in [-0.25, -0.2) is 13.1 Å². The van der Waals surface area contributed by atoms with Crippen LogP contribution in [0.4, 0.5) is 13.2 Å². The Morgan fingerprint density at radius 1 is 1.12 bits per heavy atom. The zero-order valence-corrected chi connectivity index (χ0v) is 19.9. The standard InChI is InChI=1S/C23H31F3N2O5S/c1-15(23(24,25)26)34(30,31)27-19-6-4-12-28-20(19)13-32-17-10-8-16(9-11-17)18-5-2-3-7-21(18)33-14-22(28)29/h2-3,5,7,15-17,19-20,27H,4,6,8-14H2,1H3/t15-,16?,17?,19?,20+/m1/s1. The number of carbonyl (C=O) groups is 1. The highest BCUT2D eigenvalue weighted by Gasteiger charge is 2.47. The molecule has 3 heterocycles. The molecule has 2 bridgehead atoms. The zero-order valence-electron chi connectivity index (χ0n) is 19.1. The third-order valence-corrected chi connectivity index (χ3v) is 9.06. The fourth-order valence-electron chi connectivity index (χ4n) is 5.15. The second-order valence-corrected chi connectivity index (χ2v) is 11.4. The van der Waals surface area contributed by atoms with Crippen molar-refractivity contribution < 1.29 is 35.9 Å². The van der Waals surface area contributed by atoms with Crippen LogP contribution in [-0.2, 0) is 19.6 Å². The molecule has 2 fully saturated rings. The van der Waals surface area contributed by atoms with E-state index in [1.165, 1.54) is 4.90 Å². The van der Waals surface area contributed by atoms with Gasteiger partial charge in [0.15, 0.2) is 11.9 Å². The van der Waals surface area contributed by atoms with E-state index in [9.17, 15) is 26.4 Å². The lowest BCUT2D eigenvalue weighted by Crippen LogP contribution is -2.61. The lowest BCUT2D eigenvalue weighted by Gasteiger charge is -2.42. The predicted octanol–water partition coefficient (Wildman–Crippen LogP) is 3.35. The van der Waals surface area contributed by atoms with Gasteiger partial charge in [-0.1, -0.05) is 18.2 Å². The summed E-state index contributed by atoms with van der Waals surface area (Å²) in [6.07, 6.45) is -0.760. The molecule has 1 aromatic rings. The molecule has 1 unspecified atom stereocenters. The topological polar surface area (TPSA) is 84.9 Å². The molecule has 0 radical (unpaired) electrons. The van der Waals surface area contributed by atoms with Gasteiger partial charge in [-0.15, -0.1) is 0 Å². The fraction of sp³-hybridized carbons (Fsp3) is 0.696. The van der Waals surface area contributed by atoms with Crippen molar-refractivity contribution in [2.24, 2.45) is 0 Å². The van der Waals surface area contributed by atoms with Crippen LogP contribution >= 0.6 is 0 Å². The van der Waals surface area contributed by atoms with Gasteiger partial charge in [-0.05, 0) is 63.0 Å². The van der Waals surface area contributed by atoms with Gasteiger partial charge in [0.05, 0.1) is 18.8 Å². The number of para-hydroxylation sites is 1.